The topological polar surface area (TPSA) is 90.0 Å². The van der Waals surface area contributed by atoms with Gasteiger partial charge < -0.3 is 15.3 Å². The zero-order valence-electron chi connectivity index (χ0n) is 20.2. The summed E-state index contributed by atoms with van der Waals surface area (Å²) in [6, 6.07) is 25.2. The zero-order chi connectivity index (χ0) is 26.2. The fourth-order valence-electron chi connectivity index (χ4n) is 4.43. The quantitative estimate of drug-likeness (QED) is 0.413. The lowest BCUT2D eigenvalue weighted by Gasteiger charge is -2.39. The van der Waals surface area contributed by atoms with E-state index in [1.807, 2.05) is 41.3 Å². The van der Waals surface area contributed by atoms with Gasteiger partial charge in [0.2, 0.25) is 11.8 Å². The Bertz CT molecular complexity index is 1200. The molecule has 0 aliphatic carbocycles. The first-order valence-electron chi connectivity index (χ1n) is 11.9. The van der Waals surface area contributed by atoms with Crippen molar-refractivity contribution in [2.45, 2.75) is 6.04 Å². The van der Waals surface area contributed by atoms with Crippen LogP contribution >= 0.6 is 23.4 Å². The molecule has 3 aromatic rings. The second-order valence-electron chi connectivity index (χ2n) is 8.68. The molecule has 0 unspecified atom stereocenters. The van der Waals surface area contributed by atoms with Crippen molar-refractivity contribution in [3.8, 4) is 0 Å². The summed E-state index contributed by atoms with van der Waals surface area (Å²) < 4.78 is 0. The number of anilines is 1. The fraction of sp³-hybridized carbons (Fsp3) is 0.250. The molecular weight excluding hydrogens is 510 g/mol. The van der Waals surface area contributed by atoms with E-state index in [4.69, 9.17) is 11.6 Å². The molecule has 37 heavy (non-hydrogen) atoms. The van der Waals surface area contributed by atoms with E-state index in [2.05, 4.69) is 34.5 Å². The van der Waals surface area contributed by atoms with Crippen LogP contribution in [0.15, 0.2) is 78.9 Å². The van der Waals surface area contributed by atoms with Crippen LogP contribution in [0.3, 0.4) is 0 Å². The van der Waals surface area contributed by atoms with E-state index >= 15 is 0 Å². The SMILES string of the molecule is O=C(CSCC(=O)N1CCN(C(c2ccccc2)c2ccccc2)CC1)Nc1ccc(Cl)cc1C(=O)O. The Morgan fingerprint density at radius 3 is 2.03 bits per heavy atom. The predicted octanol–water partition coefficient (Wildman–Crippen LogP) is 4.64. The third kappa shape index (κ3) is 7.13. The van der Waals surface area contributed by atoms with E-state index in [9.17, 15) is 19.5 Å². The van der Waals surface area contributed by atoms with E-state index in [1.165, 1.54) is 41.1 Å². The van der Waals surface area contributed by atoms with Crippen LogP contribution in [0.2, 0.25) is 5.02 Å². The van der Waals surface area contributed by atoms with Gasteiger partial charge in [-0.2, -0.15) is 0 Å². The lowest BCUT2D eigenvalue weighted by Crippen LogP contribution is -2.50. The molecule has 9 heteroatoms. The first-order chi connectivity index (χ1) is 17.9. The van der Waals surface area contributed by atoms with Crippen molar-refractivity contribution in [2.75, 3.05) is 43.0 Å². The number of aromatic carboxylic acids is 1. The summed E-state index contributed by atoms with van der Waals surface area (Å²) in [5.41, 5.74) is 2.55. The van der Waals surface area contributed by atoms with Gasteiger partial charge in [0.25, 0.3) is 0 Å². The van der Waals surface area contributed by atoms with Crippen molar-refractivity contribution in [3.63, 3.8) is 0 Å². The number of carboxylic acid groups (broad SMARTS) is 1. The molecule has 0 radical (unpaired) electrons. The molecule has 3 aromatic carbocycles. The van der Waals surface area contributed by atoms with E-state index in [0.717, 1.165) is 13.1 Å². The highest BCUT2D eigenvalue weighted by Gasteiger charge is 2.28. The van der Waals surface area contributed by atoms with E-state index in [-0.39, 0.29) is 45.6 Å². The van der Waals surface area contributed by atoms with Crippen molar-refractivity contribution in [2.24, 2.45) is 0 Å². The molecule has 192 valence electrons. The van der Waals surface area contributed by atoms with Gasteiger partial charge in [-0.15, -0.1) is 11.8 Å². The minimum Gasteiger partial charge on any atom is -0.478 e. The van der Waals surface area contributed by atoms with Gasteiger partial charge >= 0.3 is 5.97 Å². The maximum absolute atomic E-state index is 12.8. The van der Waals surface area contributed by atoms with Crippen LogP contribution < -0.4 is 5.32 Å². The number of carbonyl (C=O) groups excluding carboxylic acids is 2. The van der Waals surface area contributed by atoms with Crippen molar-refractivity contribution in [1.82, 2.24) is 9.80 Å². The highest BCUT2D eigenvalue weighted by molar-refractivity contribution is 8.00. The van der Waals surface area contributed by atoms with Crippen LogP contribution in [0, 0.1) is 0 Å². The molecule has 1 heterocycles. The molecule has 0 spiro atoms. The number of amides is 2. The summed E-state index contributed by atoms with van der Waals surface area (Å²) in [5, 5.41) is 12.2. The second kappa shape index (κ2) is 12.8. The third-order valence-corrected chi connectivity index (χ3v) is 7.36. The van der Waals surface area contributed by atoms with Gasteiger partial charge in [0.05, 0.1) is 28.8 Å². The molecule has 1 saturated heterocycles. The van der Waals surface area contributed by atoms with Gasteiger partial charge in [0.1, 0.15) is 0 Å². The minimum absolute atomic E-state index is 0.00820. The van der Waals surface area contributed by atoms with Crippen molar-refractivity contribution in [1.29, 1.82) is 0 Å². The lowest BCUT2D eigenvalue weighted by molar-refractivity contribution is -0.130. The number of carbonyl (C=O) groups is 3. The summed E-state index contributed by atoms with van der Waals surface area (Å²) in [6.45, 7) is 2.74. The largest absolute Gasteiger partial charge is 0.478 e. The molecule has 1 aliphatic heterocycles. The molecule has 1 fully saturated rings. The first-order valence-corrected chi connectivity index (χ1v) is 13.5. The molecule has 2 N–H and O–H groups in total. The number of hydrogen-bond acceptors (Lipinski definition) is 5. The highest BCUT2D eigenvalue weighted by atomic mass is 35.5. The number of halogens is 1. The number of nitrogens with one attached hydrogen (secondary N) is 1. The average molecular weight is 538 g/mol. The summed E-state index contributed by atoms with van der Waals surface area (Å²) in [7, 11) is 0. The van der Waals surface area contributed by atoms with Crippen LogP contribution in [-0.2, 0) is 9.59 Å². The number of rotatable bonds is 9. The number of piperazine rings is 1. The Hall–Kier alpha value is -3.33. The van der Waals surface area contributed by atoms with Crippen molar-refractivity contribution >= 4 is 46.8 Å². The Kier molecular flexibility index (Phi) is 9.22. The molecule has 0 bridgehead atoms. The summed E-state index contributed by atoms with van der Waals surface area (Å²) in [5.74, 6) is -1.34. The van der Waals surface area contributed by atoms with Crippen molar-refractivity contribution in [3.05, 3.63) is 101 Å². The molecule has 0 aromatic heterocycles. The van der Waals surface area contributed by atoms with E-state index < -0.39 is 5.97 Å². The standard InChI is InChI=1S/C28H28ClN3O4S/c29-22-11-12-24(23(17-22)28(35)36)30-25(33)18-37-19-26(34)31-13-15-32(16-14-31)27(20-7-3-1-4-8-20)21-9-5-2-6-10-21/h1-12,17,27H,13-16,18-19H2,(H,30,33)(H,35,36). The first kappa shape index (κ1) is 26.7. The lowest BCUT2D eigenvalue weighted by atomic mass is 9.96. The van der Waals surface area contributed by atoms with Gasteiger partial charge in [0.15, 0.2) is 0 Å². The number of carboxylic acids is 1. The number of benzene rings is 3. The maximum atomic E-state index is 12.8. The summed E-state index contributed by atoms with van der Waals surface area (Å²) in [4.78, 5) is 40.8. The van der Waals surface area contributed by atoms with Gasteiger partial charge in [0, 0.05) is 31.2 Å². The van der Waals surface area contributed by atoms with Crippen LogP contribution in [0.5, 0.6) is 0 Å². The number of thioether (sulfide) groups is 1. The van der Waals surface area contributed by atoms with Crippen LogP contribution in [0.1, 0.15) is 27.5 Å². The Morgan fingerprint density at radius 2 is 1.46 bits per heavy atom. The molecular formula is C28H28ClN3O4S. The Morgan fingerprint density at radius 1 is 0.865 bits per heavy atom. The minimum atomic E-state index is -1.18. The number of nitrogens with zero attached hydrogens (tertiary/aromatic N) is 2. The smallest absolute Gasteiger partial charge is 0.337 e. The van der Waals surface area contributed by atoms with Crippen LogP contribution in [0.25, 0.3) is 0 Å². The van der Waals surface area contributed by atoms with E-state index in [1.54, 1.807) is 0 Å². The second-order valence-corrected chi connectivity index (χ2v) is 10.1. The van der Waals surface area contributed by atoms with Gasteiger partial charge in [-0.3, -0.25) is 14.5 Å². The van der Waals surface area contributed by atoms with Gasteiger partial charge in [-0.1, -0.05) is 72.3 Å². The monoisotopic (exact) mass is 537 g/mol. The summed E-state index contributed by atoms with van der Waals surface area (Å²) >= 11 is 7.06. The average Bonchev–Trinajstić information content (AvgIpc) is 2.91. The van der Waals surface area contributed by atoms with Crippen LogP contribution in [0.4, 0.5) is 5.69 Å². The molecule has 4 rings (SSSR count). The normalized spacial score (nSPS) is 13.9. The van der Waals surface area contributed by atoms with Crippen molar-refractivity contribution < 1.29 is 19.5 Å². The summed E-state index contributed by atoms with van der Waals surface area (Å²) in [6.07, 6.45) is 0. The highest BCUT2D eigenvalue weighted by Crippen LogP contribution is 2.29. The molecule has 2 amide bonds. The van der Waals surface area contributed by atoms with Gasteiger partial charge in [-0.05, 0) is 29.3 Å². The Balaban J connectivity index is 1.27. The van der Waals surface area contributed by atoms with E-state index in [0.29, 0.717) is 13.1 Å². The molecule has 7 nitrogen and oxygen atoms in total. The van der Waals surface area contributed by atoms with Crippen LogP contribution in [-0.4, -0.2) is 70.4 Å². The zero-order valence-corrected chi connectivity index (χ0v) is 21.8. The fourth-order valence-corrected chi connectivity index (χ4v) is 5.31. The third-order valence-electron chi connectivity index (χ3n) is 6.21. The number of hydrogen-bond donors (Lipinski definition) is 2. The van der Waals surface area contributed by atoms with Gasteiger partial charge in [-0.25, -0.2) is 4.79 Å². The maximum Gasteiger partial charge on any atom is 0.337 e. The predicted molar refractivity (Wildman–Crippen MR) is 147 cm³/mol. The molecule has 1 aliphatic rings. The molecule has 0 atom stereocenters. The molecule has 0 saturated carbocycles. The Labute approximate surface area is 225 Å².